The van der Waals surface area contributed by atoms with Gasteiger partial charge in [0.1, 0.15) is 12.2 Å². The van der Waals surface area contributed by atoms with Crippen LogP contribution >= 0.6 is 0 Å². The molecule has 3 N–H and O–H groups in total. The standard InChI is InChI=1S/C15H19N5O4/c1-19(2)9-10-14(18-11-5-3-4-6-20(10)11)15(24)17-7-12(21)16-8-13(22)23/h3-6H,7-9H2,1-2H3,(H,16,21)(H,17,24)(H,22,23). The Labute approximate surface area is 138 Å². The van der Waals surface area contributed by atoms with Crippen LogP contribution in [0.4, 0.5) is 0 Å². The Bertz CT molecular complexity index is 768. The van der Waals surface area contributed by atoms with E-state index < -0.39 is 24.3 Å². The lowest BCUT2D eigenvalue weighted by atomic mass is 10.3. The number of carboxylic acids is 1. The minimum atomic E-state index is -1.15. The molecule has 0 aliphatic heterocycles. The molecule has 2 amide bonds. The van der Waals surface area contributed by atoms with Crippen LogP contribution < -0.4 is 10.6 Å². The Balaban J connectivity index is 2.13. The van der Waals surface area contributed by atoms with Gasteiger partial charge >= 0.3 is 5.97 Å². The van der Waals surface area contributed by atoms with Crippen molar-refractivity contribution in [3.05, 3.63) is 35.8 Å². The first kappa shape index (κ1) is 17.4. The summed E-state index contributed by atoms with van der Waals surface area (Å²) >= 11 is 0. The van der Waals surface area contributed by atoms with E-state index in [2.05, 4.69) is 15.6 Å². The van der Waals surface area contributed by atoms with Crippen LogP contribution in [0, 0.1) is 0 Å². The molecule has 9 nitrogen and oxygen atoms in total. The third kappa shape index (κ3) is 4.29. The van der Waals surface area contributed by atoms with Crippen molar-refractivity contribution in [2.75, 3.05) is 27.2 Å². The van der Waals surface area contributed by atoms with Crippen molar-refractivity contribution >= 4 is 23.4 Å². The average molecular weight is 333 g/mol. The van der Waals surface area contributed by atoms with Crippen LogP contribution in [-0.2, 0) is 16.1 Å². The number of nitrogens with zero attached hydrogens (tertiary/aromatic N) is 3. The minimum absolute atomic E-state index is 0.237. The molecular weight excluding hydrogens is 314 g/mol. The predicted molar refractivity (Wildman–Crippen MR) is 85.6 cm³/mol. The van der Waals surface area contributed by atoms with Crippen molar-refractivity contribution < 1.29 is 19.5 Å². The lowest BCUT2D eigenvalue weighted by Crippen LogP contribution is -2.39. The van der Waals surface area contributed by atoms with E-state index in [1.54, 1.807) is 6.07 Å². The Morgan fingerprint density at radius 1 is 1.21 bits per heavy atom. The maximum atomic E-state index is 12.4. The van der Waals surface area contributed by atoms with Gasteiger partial charge in [0.05, 0.1) is 12.2 Å². The second-order valence-electron chi connectivity index (χ2n) is 5.43. The number of aliphatic carboxylic acids is 1. The molecule has 2 aromatic heterocycles. The van der Waals surface area contributed by atoms with E-state index >= 15 is 0 Å². The molecule has 2 rings (SSSR count). The number of hydrogen-bond donors (Lipinski definition) is 3. The molecule has 9 heteroatoms. The molecule has 0 bridgehead atoms. The predicted octanol–water partition coefficient (Wildman–Crippen LogP) is -0.673. The highest BCUT2D eigenvalue weighted by Crippen LogP contribution is 2.14. The molecule has 128 valence electrons. The molecule has 0 aliphatic rings. The van der Waals surface area contributed by atoms with Gasteiger partial charge in [-0.15, -0.1) is 0 Å². The van der Waals surface area contributed by atoms with Crippen molar-refractivity contribution in [2.45, 2.75) is 6.54 Å². The zero-order valence-electron chi connectivity index (χ0n) is 13.4. The quantitative estimate of drug-likeness (QED) is 0.619. The van der Waals surface area contributed by atoms with Gasteiger partial charge in [0.2, 0.25) is 5.91 Å². The summed E-state index contributed by atoms with van der Waals surface area (Å²) in [4.78, 5) is 40.5. The molecule has 0 saturated carbocycles. The highest BCUT2D eigenvalue weighted by atomic mass is 16.4. The summed E-state index contributed by atoms with van der Waals surface area (Å²) in [5, 5.41) is 13.1. The fourth-order valence-corrected chi connectivity index (χ4v) is 2.16. The van der Waals surface area contributed by atoms with E-state index in [9.17, 15) is 14.4 Å². The molecule has 0 radical (unpaired) electrons. The van der Waals surface area contributed by atoms with Crippen LogP contribution in [0.25, 0.3) is 5.65 Å². The largest absolute Gasteiger partial charge is 0.480 e. The molecule has 0 atom stereocenters. The van der Waals surface area contributed by atoms with Gasteiger partial charge in [0.25, 0.3) is 5.91 Å². The topological polar surface area (TPSA) is 116 Å². The van der Waals surface area contributed by atoms with Gasteiger partial charge in [-0.25, -0.2) is 4.98 Å². The van der Waals surface area contributed by atoms with E-state index in [0.29, 0.717) is 17.9 Å². The summed E-state index contributed by atoms with van der Waals surface area (Å²) in [7, 11) is 3.76. The number of carbonyl (C=O) groups excluding carboxylic acids is 2. The van der Waals surface area contributed by atoms with Gasteiger partial charge < -0.3 is 25.0 Å². The molecule has 0 spiro atoms. The molecule has 24 heavy (non-hydrogen) atoms. The van der Waals surface area contributed by atoms with Gasteiger partial charge in [0.15, 0.2) is 5.69 Å². The van der Waals surface area contributed by atoms with Crippen molar-refractivity contribution in [2.24, 2.45) is 0 Å². The SMILES string of the molecule is CN(C)Cc1c(C(=O)NCC(=O)NCC(=O)O)nc2ccccn12. The Morgan fingerprint density at radius 2 is 1.96 bits per heavy atom. The van der Waals surface area contributed by atoms with Crippen molar-refractivity contribution in [1.29, 1.82) is 0 Å². The van der Waals surface area contributed by atoms with Gasteiger partial charge in [-0.05, 0) is 26.2 Å². The number of carboxylic acid groups (broad SMARTS) is 1. The first-order valence-electron chi connectivity index (χ1n) is 7.26. The number of carbonyl (C=O) groups is 3. The summed E-state index contributed by atoms with van der Waals surface area (Å²) in [6, 6.07) is 5.45. The highest BCUT2D eigenvalue weighted by molar-refractivity contribution is 5.96. The molecule has 0 aliphatic carbocycles. The van der Waals surface area contributed by atoms with Crippen molar-refractivity contribution in [1.82, 2.24) is 24.9 Å². The maximum Gasteiger partial charge on any atom is 0.322 e. The number of amides is 2. The van der Waals surface area contributed by atoms with Crippen LogP contribution in [0.3, 0.4) is 0 Å². The maximum absolute atomic E-state index is 12.4. The van der Waals surface area contributed by atoms with Gasteiger partial charge in [-0.3, -0.25) is 14.4 Å². The average Bonchev–Trinajstić information content (AvgIpc) is 2.89. The molecule has 2 aromatic rings. The van der Waals surface area contributed by atoms with Gasteiger partial charge in [0, 0.05) is 12.7 Å². The van der Waals surface area contributed by atoms with Crippen LogP contribution in [-0.4, -0.2) is 64.4 Å². The Hall–Kier alpha value is -2.94. The van der Waals surface area contributed by atoms with E-state index in [-0.39, 0.29) is 12.2 Å². The summed E-state index contributed by atoms with van der Waals surface area (Å²) in [5.41, 5.74) is 1.58. The number of imidazole rings is 1. The fraction of sp³-hybridized carbons (Fsp3) is 0.333. The van der Waals surface area contributed by atoms with Crippen LogP contribution in [0.1, 0.15) is 16.2 Å². The van der Waals surface area contributed by atoms with Crippen LogP contribution in [0.2, 0.25) is 0 Å². The molecule has 2 heterocycles. The number of rotatable bonds is 7. The van der Waals surface area contributed by atoms with E-state index in [4.69, 9.17) is 5.11 Å². The van der Waals surface area contributed by atoms with Crippen molar-refractivity contribution in [3.63, 3.8) is 0 Å². The van der Waals surface area contributed by atoms with Crippen LogP contribution in [0.15, 0.2) is 24.4 Å². The smallest absolute Gasteiger partial charge is 0.322 e. The zero-order valence-corrected chi connectivity index (χ0v) is 13.4. The number of pyridine rings is 1. The molecule has 0 unspecified atom stereocenters. The lowest BCUT2D eigenvalue weighted by Gasteiger charge is -2.11. The number of hydrogen-bond acceptors (Lipinski definition) is 5. The number of aromatic nitrogens is 2. The second kappa shape index (κ2) is 7.55. The third-order valence-corrected chi connectivity index (χ3v) is 3.16. The summed E-state index contributed by atoms with van der Waals surface area (Å²) < 4.78 is 1.82. The van der Waals surface area contributed by atoms with Crippen molar-refractivity contribution in [3.8, 4) is 0 Å². The summed E-state index contributed by atoms with van der Waals surface area (Å²) in [6.45, 7) is -0.310. The summed E-state index contributed by atoms with van der Waals surface area (Å²) in [5.74, 6) is -2.21. The van der Waals surface area contributed by atoms with E-state index in [0.717, 1.165) is 0 Å². The van der Waals surface area contributed by atoms with E-state index in [1.165, 1.54) is 0 Å². The van der Waals surface area contributed by atoms with Gasteiger partial charge in [-0.2, -0.15) is 0 Å². The minimum Gasteiger partial charge on any atom is -0.480 e. The zero-order chi connectivity index (χ0) is 17.7. The Morgan fingerprint density at radius 3 is 2.62 bits per heavy atom. The fourth-order valence-electron chi connectivity index (χ4n) is 2.16. The van der Waals surface area contributed by atoms with E-state index in [1.807, 2.05) is 41.7 Å². The lowest BCUT2D eigenvalue weighted by molar-refractivity contribution is -0.137. The molecular formula is C15H19N5O4. The summed E-state index contributed by atoms with van der Waals surface area (Å²) in [6.07, 6.45) is 1.82. The number of nitrogens with one attached hydrogen (secondary N) is 2. The molecule has 0 aromatic carbocycles. The number of fused-ring (bicyclic) bond motifs is 1. The second-order valence-corrected chi connectivity index (χ2v) is 5.43. The van der Waals surface area contributed by atoms with Gasteiger partial charge in [-0.1, -0.05) is 6.07 Å². The third-order valence-electron chi connectivity index (χ3n) is 3.16. The highest BCUT2D eigenvalue weighted by Gasteiger charge is 2.19. The van der Waals surface area contributed by atoms with Crippen LogP contribution in [0.5, 0.6) is 0 Å². The first-order valence-corrected chi connectivity index (χ1v) is 7.26. The molecule has 0 saturated heterocycles. The Kier molecular flexibility index (Phi) is 5.48. The monoisotopic (exact) mass is 333 g/mol. The normalized spacial score (nSPS) is 10.8. The molecule has 0 fully saturated rings. The first-order chi connectivity index (χ1) is 11.4.